The molecule has 2 aromatic carbocycles. The Hall–Kier alpha value is -1.64. The Morgan fingerprint density at radius 3 is 1.73 bits per heavy atom. The lowest BCUT2D eigenvalue weighted by Crippen LogP contribution is -2.80. The molecule has 1 atom stereocenters. The van der Waals surface area contributed by atoms with E-state index in [-0.39, 0.29) is 11.7 Å². The van der Waals surface area contributed by atoms with Crippen LogP contribution in [0.5, 0.6) is 0 Å². The van der Waals surface area contributed by atoms with Gasteiger partial charge in [-0.1, -0.05) is 87.8 Å². The van der Waals surface area contributed by atoms with Crippen molar-refractivity contribution in [1.82, 2.24) is 4.98 Å². The summed E-state index contributed by atoms with van der Waals surface area (Å²) in [5.41, 5.74) is 2.45. The molecule has 2 aromatic rings. The van der Waals surface area contributed by atoms with E-state index >= 15 is 0 Å². The number of nitrogens with zero attached hydrogens (tertiary/aromatic N) is 1. The first-order valence-corrected chi connectivity index (χ1v) is 20.4. The van der Waals surface area contributed by atoms with E-state index < -0.39 is 22.5 Å². The minimum absolute atomic E-state index is 0.0987. The number of benzene rings is 2. The average Bonchev–Trinajstić information content (AvgIpc) is 2.90. The maximum absolute atomic E-state index is 13.4. The van der Waals surface area contributed by atoms with Crippen molar-refractivity contribution in [3.8, 4) is 0 Å². The van der Waals surface area contributed by atoms with Crippen LogP contribution in [0.3, 0.4) is 0 Å². The molecule has 26 heavy (non-hydrogen) atoms. The molecule has 6 heteroatoms. The Balaban J connectivity index is 2.30. The van der Waals surface area contributed by atoms with Crippen molar-refractivity contribution in [1.29, 1.82) is 0 Å². The van der Waals surface area contributed by atoms with Gasteiger partial charge in [-0.15, -0.1) is 0 Å². The molecule has 0 bridgehead atoms. The van der Waals surface area contributed by atoms with Crippen LogP contribution in [0, 0.1) is 0 Å². The zero-order valence-corrected chi connectivity index (χ0v) is 19.7. The molecule has 0 spiro atoms. The molecule has 1 aliphatic rings. The van der Waals surface area contributed by atoms with Crippen molar-refractivity contribution >= 4 is 34.2 Å². The van der Waals surface area contributed by atoms with Gasteiger partial charge in [0.15, 0.2) is 7.27 Å². The van der Waals surface area contributed by atoms with Crippen molar-refractivity contribution < 1.29 is 4.79 Å². The summed E-state index contributed by atoms with van der Waals surface area (Å²) in [6.45, 7) is 14.8. The molecular weight excluding hydrogens is 368 g/mol. The quantitative estimate of drug-likeness (QED) is 0.699. The normalized spacial score (nSPS) is 20.2. The fourth-order valence-corrected chi connectivity index (χ4v) is 48.0. The number of rotatable bonds is 4. The van der Waals surface area contributed by atoms with Crippen LogP contribution < -0.4 is 9.88 Å². The van der Waals surface area contributed by atoms with Crippen molar-refractivity contribution in [3.05, 3.63) is 66.2 Å². The van der Waals surface area contributed by atoms with E-state index in [1.54, 1.807) is 0 Å². The molecule has 3 nitrogen and oxygen atoms in total. The molecule has 2 amide bonds. The minimum Gasteiger partial charge on any atom is -0.366 e. The summed E-state index contributed by atoms with van der Waals surface area (Å²) in [5.74, 6) is 0. The lowest BCUT2D eigenvalue weighted by molar-refractivity contribution is 0.252. The Morgan fingerprint density at radius 1 is 0.808 bits per heavy atom. The van der Waals surface area contributed by atoms with Gasteiger partial charge in [0, 0.05) is 5.69 Å². The van der Waals surface area contributed by atoms with Gasteiger partial charge in [0.2, 0.25) is 0 Å². The highest BCUT2D eigenvalue weighted by atomic mass is 29.6. The highest BCUT2D eigenvalue weighted by Crippen LogP contribution is 2.46. The molecule has 1 unspecified atom stereocenters. The standard InChI is InChI=1S/C20H30N2OSi3/c1-24(2,3)26(25(4,5)6)19(17-13-9-7-10-14-17)22(20(23)21-26)18-15-11-8-12-16-18/h7-16,19H,1-6H3,(H,21,23). The molecule has 0 aliphatic carbocycles. The number of carbonyl (C=O) groups is 1. The van der Waals surface area contributed by atoms with Crippen LogP contribution in [0.4, 0.5) is 10.5 Å². The summed E-state index contributed by atoms with van der Waals surface area (Å²) in [4.78, 5) is 19.1. The number of hydrogen-bond acceptors (Lipinski definition) is 1. The largest absolute Gasteiger partial charge is 0.366 e. The fraction of sp³-hybridized carbons (Fsp3) is 0.350. The van der Waals surface area contributed by atoms with Crippen LogP contribution in [0.25, 0.3) is 0 Å². The Kier molecular flexibility index (Phi) is 4.79. The van der Waals surface area contributed by atoms with Crippen LogP contribution in [0.1, 0.15) is 11.2 Å². The van der Waals surface area contributed by atoms with Crippen LogP contribution in [-0.2, 0) is 0 Å². The highest BCUT2D eigenvalue weighted by molar-refractivity contribution is 7.69. The second-order valence-electron chi connectivity index (χ2n) is 9.26. The second kappa shape index (κ2) is 6.51. The Morgan fingerprint density at radius 2 is 1.27 bits per heavy atom. The topological polar surface area (TPSA) is 32.3 Å². The summed E-state index contributed by atoms with van der Waals surface area (Å²) in [7, 11) is -5.40. The highest BCUT2D eigenvalue weighted by Gasteiger charge is 2.67. The van der Waals surface area contributed by atoms with Gasteiger partial charge in [0.05, 0.1) is 20.8 Å². The molecule has 1 aliphatic heterocycles. The lowest BCUT2D eigenvalue weighted by Gasteiger charge is -2.50. The first kappa shape index (κ1) is 19.1. The third-order valence-electron chi connectivity index (χ3n) is 5.71. The molecule has 0 saturated carbocycles. The Bertz CT molecular complexity index is 768. The number of hydrogen-bond donors (Lipinski definition) is 1. The van der Waals surface area contributed by atoms with Crippen molar-refractivity contribution in [2.24, 2.45) is 0 Å². The maximum Gasteiger partial charge on any atom is 0.314 e. The van der Waals surface area contributed by atoms with Gasteiger partial charge < -0.3 is 4.98 Å². The van der Waals surface area contributed by atoms with Crippen molar-refractivity contribution in [2.45, 2.75) is 44.9 Å². The first-order valence-electron chi connectivity index (χ1n) is 9.31. The van der Waals surface area contributed by atoms with E-state index in [0.717, 1.165) is 5.69 Å². The summed E-state index contributed by atoms with van der Waals surface area (Å²) >= 11 is 0. The van der Waals surface area contributed by atoms with E-state index in [2.05, 4.69) is 91.6 Å². The molecule has 0 radical (unpaired) electrons. The fourth-order valence-electron chi connectivity index (χ4n) is 4.82. The number of amides is 2. The number of anilines is 1. The van der Waals surface area contributed by atoms with Gasteiger partial charge in [-0.3, -0.25) is 4.90 Å². The summed E-state index contributed by atoms with van der Waals surface area (Å²) < 4.78 is 0. The van der Waals surface area contributed by atoms with E-state index in [1.165, 1.54) is 5.56 Å². The summed E-state index contributed by atoms with van der Waals surface area (Å²) in [5, 5.41) is 0. The lowest BCUT2D eigenvalue weighted by atomic mass is 10.2. The van der Waals surface area contributed by atoms with Crippen LogP contribution >= 0.6 is 0 Å². The summed E-state index contributed by atoms with van der Waals surface area (Å²) in [6.07, 6.45) is 0. The monoisotopic (exact) mass is 398 g/mol. The molecule has 1 N–H and O–H groups in total. The predicted octanol–water partition coefficient (Wildman–Crippen LogP) is 5.28. The van der Waals surface area contributed by atoms with Crippen molar-refractivity contribution in [3.63, 3.8) is 0 Å². The van der Waals surface area contributed by atoms with Crippen molar-refractivity contribution in [2.75, 3.05) is 4.90 Å². The predicted molar refractivity (Wildman–Crippen MR) is 119 cm³/mol. The van der Waals surface area contributed by atoms with Gasteiger partial charge in [-0.25, -0.2) is 4.79 Å². The second-order valence-corrected chi connectivity index (χ2v) is 35.9. The number of para-hydroxylation sites is 1. The maximum atomic E-state index is 13.4. The third-order valence-corrected chi connectivity index (χ3v) is 42.5. The van der Waals surface area contributed by atoms with E-state index in [1.807, 2.05) is 18.2 Å². The van der Waals surface area contributed by atoms with Crippen LogP contribution in [0.2, 0.25) is 39.3 Å². The van der Waals surface area contributed by atoms with Crippen LogP contribution in [0.15, 0.2) is 60.7 Å². The SMILES string of the molecule is C[Si](C)(C)[Si]1([Si](C)(C)C)NC(=O)N(c2ccccc2)C1c1ccccc1. The van der Waals surface area contributed by atoms with Crippen LogP contribution in [-0.4, -0.2) is 28.5 Å². The van der Waals surface area contributed by atoms with E-state index in [4.69, 9.17) is 0 Å². The Labute approximate surface area is 160 Å². The van der Waals surface area contributed by atoms with E-state index in [0.29, 0.717) is 0 Å². The number of urea groups is 1. The zero-order valence-electron chi connectivity index (χ0n) is 16.7. The third kappa shape index (κ3) is 2.90. The zero-order chi connectivity index (χ0) is 19.2. The smallest absolute Gasteiger partial charge is 0.314 e. The van der Waals surface area contributed by atoms with Gasteiger partial charge in [0.1, 0.15) is 0 Å². The first-order chi connectivity index (χ1) is 12.1. The molecular formula is C20H30N2OSi3. The number of nitrogens with one attached hydrogen (secondary N) is 1. The number of carbonyl (C=O) groups excluding carboxylic acids is 1. The van der Waals surface area contributed by atoms with E-state index in [9.17, 15) is 4.79 Å². The summed E-state index contributed by atoms with van der Waals surface area (Å²) in [6, 6.07) is 21.0. The van der Waals surface area contributed by atoms with Gasteiger partial charge in [-0.2, -0.15) is 0 Å². The molecule has 138 valence electrons. The molecule has 1 heterocycles. The molecule has 1 saturated heterocycles. The molecule has 3 rings (SSSR count). The average molecular weight is 399 g/mol. The van der Waals surface area contributed by atoms with Gasteiger partial charge in [0.25, 0.3) is 0 Å². The minimum atomic E-state index is -2.11. The molecule has 1 fully saturated rings. The van der Waals surface area contributed by atoms with Gasteiger partial charge >= 0.3 is 6.03 Å². The molecule has 0 aromatic heterocycles. The van der Waals surface area contributed by atoms with Gasteiger partial charge in [-0.05, 0) is 17.7 Å².